The average Bonchev–Trinajstić information content (AvgIpc) is 2.61. The topological polar surface area (TPSA) is 110 Å². The van der Waals surface area contributed by atoms with Crippen LogP contribution in [0.3, 0.4) is 0 Å². The van der Waals surface area contributed by atoms with E-state index in [0.29, 0.717) is 16.9 Å². The van der Waals surface area contributed by atoms with Crippen LogP contribution in [0, 0.1) is 5.82 Å². The zero-order valence-electron chi connectivity index (χ0n) is 13.7. The van der Waals surface area contributed by atoms with E-state index in [-0.39, 0.29) is 11.1 Å². The Morgan fingerprint density at radius 2 is 2.00 bits per heavy atom. The maximum absolute atomic E-state index is 14.3. The Morgan fingerprint density at radius 3 is 2.62 bits per heavy atom. The summed E-state index contributed by atoms with van der Waals surface area (Å²) in [5, 5.41) is 13.1. The maximum Gasteiger partial charge on any atom is 0.341 e. The van der Waals surface area contributed by atoms with Gasteiger partial charge in [0.25, 0.3) is 0 Å². The van der Waals surface area contributed by atoms with Gasteiger partial charge in [0.2, 0.25) is 5.43 Å². The number of nitrogens with zero attached hydrogens (tertiary/aromatic N) is 2. The van der Waals surface area contributed by atoms with Crippen molar-refractivity contribution in [3.8, 4) is 5.69 Å². The van der Waals surface area contributed by atoms with E-state index in [1.165, 1.54) is 23.0 Å². The standard InChI is InChI=1S/C18H15FN4O3/c1-2-21-22-15-8-16-12(7-14(15)19)17(24)13(18(25)26)9-23(16)11-5-3-10(20)4-6-11/h2-9,22H,20H2,1H3,(H,25,26)/b21-2+. The van der Waals surface area contributed by atoms with Crippen LogP contribution in [0.5, 0.6) is 0 Å². The van der Waals surface area contributed by atoms with Crippen molar-refractivity contribution < 1.29 is 14.3 Å². The number of hydrogen-bond acceptors (Lipinski definition) is 5. The highest BCUT2D eigenvalue weighted by Crippen LogP contribution is 2.25. The number of aromatic nitrogens is 1. The van der Waals surface area contributed by atoms with Crippen molar-refractivity contribution in [1.82, 2.24) is 4.57 Å². The predicted molar refractivity (Wildman–Crippen MR) is 98.7 cm³/mol. The number of nitrogens with one attached hydrogen (secondary N) is 1. The number of anilines is 2. The number of halogens is 1. The third-order valence-corrected chi connectivity index (χ3v) is 3.81. The van der Waals surface area contributed by atoms with Crippen molar-refractivity contribution in [3.05, 3.63) is 64.2 Å². The Morgan fingerprint density at radius 1 is 1.31 bits per heavy atom. The lowest BCUT2D eigenvalue weighted by Crippen LogP contribution is -2.18. The molecule has 0 fully saturated rings. The fraction of sp³-hybridized carbons (Fsp3) is 0.0556. The number of nitrogen functional groups attached to an aromatic ring is 1. The molecule has 0 bridgehead atoms. The van der Waals surface area contributed by atoms with Gasteiger partial charge in [0.1, 0.15) is 11.4 Å². The molecule has 4 N–H and O–H groups in total. The first-order valence-electron chi connectivity index (χ1n) is 7.64. The summed E-state index contributed by atoms with van der Waals surface area (Å²) in [5.41, 5.74) is 8.51. The highest BCUT2D eigenvalue weighted by atomic mass is 19.1. The molecule has 8 heteroatoms. The van der Waals surface area contributed by atoms with Gasteiger partial charge in [-0.2, -0.15) is 5.10 Å². The number of carbonyl (C=O) groups is 1. The van der Waals surface area contributed by atoms with Crippen LogP contribution in [0.2, 0.25) is 0 Å². The molecule has 0 atom stereocenters. The number of pyridine rings is 1. The van der Waals surface area contributed by atoms with Crippen molar-refractivity contribution in [2.24, 2.45) is 5.10 Å². The van der Waals surface area contributed by atoms with E-state index >= 15 is 0 Å². The molecular weight excluding hydrogens is 339 g/mol. The first kappa shape index (κ1) is 17.2. The zero-order chi connectivity index (χ0) is 18.8. The van der Waals surface area contributed by atoms with Crippen molar-refractivity contribution in [2.45, 2.75) is 6.92 Å². The third kappa shape index (κ3) is 3.00. The summed E-state index contributed by atoms with van der Waals surface area (Å²) in [5.74, 6) is -2.11. The Hall–Kier alpha value is -3.68. The molecule has 0 amide bonds. The molecular formula is C18H15FN4O3. The Labute approximate surface area is 147 Å². The fourth-order valence-corrected chi connectivity index (χ4v) is 2.57. The second kappa shape index (κ2) is 6.67. The Bertz CT molecular complexity index is 1090. The molecule has 7 nitrogen and oxygen atoms in total. The highest BCUT2D eigenvalue weighted by molar-refractivity contribution is 5.94. The van der Waals surface area contributed by atoms with Gasteiger partial charge < -0.3 is 15.4 Å². The van der Waals surface area contributed by atoms with Gasteiger partial charge in [0, 0.05) is 29.2 Å². The lowest BCUT2D eigenvalue weighted by molar-refractivity contribution is 0.0695. The summed E-state index contributed by atoms with van der Waals surface area (Å²) >= 11 is 0. The molecule has 0 spiro atoms. The van der Waals surface area contributed by atoms with Crippen molar-refractivity contribution in [1.29, 1.82) is 0 Å². The minimum atomic E-state index is -1.39. The van der Waals surface area contributed by atoms with E-state index < -0.39 is 22.8 Å². The van der Waals surface area contributed by atoms with E-state index in [2.05, 4.69) is 10.5 Å². The molecule has 1 aromatic heterocycles. The SMILES string of the molecule is C/C=N/Nc1cc2c(cc1F)c(=O)c(C(=O)O)cn2-c1ccc(N)cc1. The number of hydrogen-bond donors (Lipinski definition) is 3. The number of nitrogens with two attached hydrogens (primary N) is 1. The van der Waals surface area contributed by atoms with Gasteiger partial charge in [-0.3, -0.25) is 10.2 Å². The summed E-state index contributed by atoms with van der Waals surface area (Å²) in [6.07, 6.45) is 2.66. The van der Waals surface area contributed by atoms with Gasteiger partial charge in [0.15, 0.2) is 0 Å². The van der Waals surface area contributed by atoms with Crippen LogP contribution >= 0.6 is 0 Å². The summed E-state index contributed by atoms with van der Waals surface area (Å²) < 4.78 is 15.8. The summed E-state index contributed by atoms with van der Waals surface area (Å²) in [7, 11) is 0. The molecule has 26 heavy (non-hydrogen) atoms. The molecule has 2 aromatic carbocycles. The number of fused-ring (bicyclic) bond motifs is 1. The number of benzene rings is 2. The van der Waals surface area contributed by atoms with Gasteiger partial charge in [-0.05, 0) is 43.3 Å². The van der Waals surface area contributed by atoms with E-state index in [1.807, 2.05) is 0 Å². The minimum Gasteiger partial charge on any atom is -0.477 e. The zero-order valence-corrected chi connectivity index (χ0v) is 13.7. The molecule has 1 heterocycles. The van der Waals surface area contributed by atoms with Gasteiger partial charge in [0.05, 0.1) is 11.2 Å². The van der Waals surface area contributed by atoms with E-state index in [1.54, 1.807) is 31.2 Å². The number of rotatable bonds is 4. The number of aromatic carboxylic acids is 1. The van der Waals surface area contributed by atoms with Crippen LogP contribution in [0.1, 0.15) is 17.3 Å². The largest absolute Gasteiger partial charge is 0.477 e. The van der Waals surface area contributed by atoms with Gasteiger partial charge in [-0.25, -0.2) is 9.18 Å². The molecule has 3 rings (SSSR count). The predicted octanol–water partition coefficient (Wildman–Crippen LogP) is 2.83. The third-order valence-electron chi connectivity index (χ3n) is 3.81. The summed E-state index contributed by atoms with van der Waals surface area (Å²) in [6.45, 7) is 1.66. The summed E-state index contributed by atoms with van der Waals surface area (Å²) in [6, 6.07) is 9.04. The van der Waals surface area contributed by atoms with Crippen LogP contribution in [-0.2, 0) is 0 Å². The second-order valence-corrected chi connectivity index (χ2v) is 5.49. The molecule has 0 aliphatic heterocycles. The average molecular weight is 354 g/mol. The van der Waals surface area contributed by atoms with Crippen molar-refractivity contribution in [2.75, 3.05) is 11.2 Å². The van der Waals surface area contributed by atoms with Crippen LogP contribution < -0.4 is 16.6 Å². The Balaban J connectivity index is 2.39. The van der Waals surface area contributed by atoms with Crippen LogP contribution in [-0.4, -0.2) is 21.9 Å². The molecule has 0 saturated heterocycles. The van der Waals surface area contributed by atoms with Crippen molar-refractivity contribution in [3.63, 3.8) is 0 Å². The quantitative estimate of drug-likeness (QED) is 0.379. The second-order valence-electron chi connectivity index (χ2n) is 5.49. The smallest absolute Gasteiger partial charge is 0.341 e. The molecule has 3 aromatic rings. The number of hydrazone groups is 1. The molecule has 0 aliphatic carbocycles. The van der Waals surface area contributed by atoms with Crippen LogP contribution in [0.15, 0.2) is 52.5 Å². The first-order chi connectivity index (χ1) is 12.4. The number of carboxylic acids is 1. The normalized spacial score (nSPS) is 11.2. The molecule has 0 radical (unpaired) electrons. The molecule has 0 saturated carbocycles. The Kier molecular flexibility index (Phi) is 4.40. The van der Waals surface area contributed by atoms with Gasteiger partial charge >= 0.3 is 5.97 Å². The highest BCUT2D eigenvalue weighted by Gasteiger charge is 2.17. The van der Waals surface area contributed by atoms with Crippen molar-refractivity contribution >= 4 is 34.5 Å². The molecule has 0 aliphatic rings. The monoisotopic (exact) mass is 354 g/mol. The van der Waals surface area contributed by atoms with E-state index in [9.17, 15) is 19.1 Å². The molecule has 0 unspecified atom stereocenters. The van der Waals surface area contributed by atoms with Gasteiger partial charge in [-0.15, -0.1) is 0 Å². The van der Waals surface area contributed by atoms with Gasteiger partial charge in [-0.1, -0.05) is 0 Å². The fourth-order valence-electron chi connectivity index (χ4n) is 2.57. The first-order valence-corrected chi connectivity index (χ1v) is 7.64. The summed E-state index contributed by atoms with van der Waals surface area (Å²) in [4.78, 5) is 23.9. The van der Waals surface area contributed by atoms with Crippen LogP contribution in [0.4, 0.5) is 15.8 Å². The lowest BCUT2D eigenvalue weighted by Gasteiger charge is -2.14. The lowest BCUT2D eigenvalue weighted by atomic mass is 10.1. The van der Waals surface area contributed by atoms with Crippen LogP contribution in [0.25, 0.3) is 16.6 Å². The minimum absolute atomic E-state index is 0.0507. The van der Waals surface area contributed by atoms with E-state index in [4.69, 9.17) is 5.73 Å². The number of carboxylic acid groups (broad SMARTS) is 1. The van der Waals surface area contributed by atoms with E-state index in [0.717, 1.165) is 6.07 Å². The molecule has 132 valence electrons. The maximum atomic E-state index is 14.3.